The van der Waals surface area contributed by atoms with E-state index in [0.29, 0.717) is 52.0 Å². The van der Waals surface area contributed by atoms with Crippen molar-refractivity contribution in [1.82, 2.24) is 20.4 Å². The maximum atomic E-state index is 13.5. The number of benzene rings is 3. The Bertz CT molecular complexity index is 2160. The van der Waals surface area contributed by atoms with Gasteiger partial charge in [0.15, 0.2) is 0 Å². The van der Waals surface area contributed by atoms with E-state index < -0.39 is 23.8 Å². The van der Waals surface area contributed by atoms with E-state index in [9.17, 15) is 29.2 Å². The summed E-state index contributed by atoms with van der Waals surface area (Å²) in [7, 11) is 0. The monoisotopic (exact) mass is 790 g/mol. The molecule has 4 heterocycles. The van der Waals surface area contributed by atoms with Crippen LogP contribution in [-0.2, 0) is 22.7 Å². The van der Waals surface area contributed by atoms with E-state index in [-0.39, 0.29) is 47.6 Å². The minimum absolute atomic E-state index is 0.0970. The molecular formula is C44H47ClN6O6. The molecule has 13 heteroatoms. The molecule has 1 saturated carbocycles. The van der Waals surface area contributed by atoms with Crippen molar-refractivity contribution in [3.63, 3.8) is 0 Å². The number of ether oxygens (including phenoxy) is 1. The van der Waals surface area contributed by atoms with Gasteiger partial charge in [0.05, 0.1) is 21.7 Å². The van der Waals surface area contributed by atoms with Crippen LogP contribution in [0.15, 0.2) is 54.6 Å². The third-order valence-electron chi connectivity index (χ3n) is 12.9. The quantitative estimate of drug-likeness (QED) is 0.255. The second kappa shape index (κ2) is 14.6. The maximum absolute atomic E-state index is 13.5. The molecule has 3 aromatic rings. The molecule has 0 aromatic heterocycles. The number of nitrogens with zero attached hydrogens (tertiary/aromatic N) is 4. The predicted molar refractivity (Wildman–Crippen MR) is 213 cm³/mol. The van der Waals surface area contributed by atoms with Gasteiger partial charge in [0, 0.05) is 66.8 Å². The van der Waals surface area contributed by atoms with Crippen molar-refractivity contribution in [2.45, 2.75) is 91.1 Å². The van der Waals surface area contributed by atoms with Crippen molar-refractivity contribution in [2.24, 2.45) is 16.7 Å². The minimum Gasteiger partial charge on any atom is -0.489 e. The first-order valence-corrected chi connectivity index (χ1v) is 20.2. The molecule has 2 N–H and O–H groups in total. The summed E-state index contributed by atoms with van der Waals surface area (Å²) < 4.78 is 6.38. The second-order valence-corrected chi connectivity index (χ2v) is 17.8. The normalized spacial score (nSPS) is 24.0. The van der Waals surface area contributed by atoms with E-state index in [2.05, 4.69) is 54.2 Å². The smallest absolute Gasteiger partial charge is 0.262 e. The molecule has 5 amide bonds. The molecular weight excluding hydrogens is 744 g/mol. The summed E-state index contributed by atoms with van der Waals surface area (Å²) in [6.07, 6.45) is 3.26. The van der Waals surface area contributed by atoms with Gasteiger partial charge in [0.1, 0.15) is 24.0 Å². The van der Waals surface area contributed by atoms with Gasteiger partial charge in [-0.25, -0.2) is 0 Å². The Morgan fingerprint density at radius 2 is 1.54 bits per heavy atom. The average Bonchev–Trinajstić information content (AvgIpc) is 3.70. The molecule has 4 aliphatic heterocycles. The zero-order valence-electron chi connectivity index (χ0n) is 32.7. The number of hydrogen-bond donors (Lipinski definition) is 2. The molecule has 3 aromatic carbocycles. The number of halogens is 1. The van der Waals surface area contributed by atoms with Crippen LogP contribution in [0.25, 0.3) is 0 Å². The van der Waals surface area contributed by atoms with Crippen LogP contribution in [0.1, 0.15) is 108 Å². The average molecular weight is 791 g/mol. The number of nitriles is 1. The van der Waals surface area contributed by atoms with Crippen LogP contribution < -0.4 is 20.3 Å². The Morgan fingerprint density at radius 1 is 0.912 bits per heavy atom. The summed E-state index contributed by atoms with van der Waals surface area (Å²) in [5.41, 5.74) is 4.16. The first kappa shape index (κ1) is 38.6. The SMILES string of the molecule is CC1(C)[C@H](NC(=O)c2ccc(N3CCC(CCN4Cc5cc6c(cc5C4)C(=O)N([C@H]4CCC(=O)NC4=O)C6=O)CC3)cc2)C(C)(C)[C@H]1Oc1ccc(C#N)c(Cl)c1. The number of anilines is 1. The van der Waals surface area contributed by atoms with E-state index in [1.165, 1.54) is 0 Å². The third-order valence-corrected chi connectivity index (χ3v) is 13.3. The van der Waals surface area contributed by atoms with Crippen LogP contribution in [-0.4, -0.2) is 77.2 Å². The van der Waals surface area contributed by atoms with Gasteiger partial charge in [-0.2, -0.15) is 5.26 Å². The van der Waals surface area contributed by atoms with Crippen LogP contribution in [0.4, 0.5) is 5.69 Å². The molecule has 2 saturated heterocycles. The van der Waals surface area contributed by atoms with Gasteiger partial charge < -0.3 is 15.0 Å². The molecule has 296 valence electrons. The third kappa shape index (κ3) is 6.95. The van der Waals surface area contributed by atoms with Gasteiger partial charge in [0.25, 0.3) is 17.7 Å². The Kier molecular flexibility index (Phi) is 9.89. The summed E-state index contributed by atoms with van der Waals surface area (Å²) in [5.74, 6) is -0.861. The van der Waals surface area contributed by atoms with E-state index in [0.717, 1.165) is 60.6 Å². The minimum atomic E-state index is -0.961. The van der Waals surface area contributed by atoms with Gasteiger partial charge in [-0.15, -0.1) is 0 Å². The number of amides is 5. The van der Waals surface area contributed by atoms with Gasteiger partial charge in [-0.3, -0.25) is 39.1 Å². The highest BCUT2D eigenvalue weighted by Gasteiger charge is 2.64. The Hall–Kier alpha value is -5.25. The van der Waals surface area contributed by atoms with Crippen LogP contribution in [0.3, 0.4) is 0 Å². The number of hydrogen-bond acceptors (Lipinski definition) is 9. The van der Waals surface area contributed by atoms with Gasteiger partial charge in [0.2, 0.25) is 11.8 Å². The zero-order valence-corrected chi connectivity index (χ0v) is 33.4. The Morgan fingerprint density at radius 3 is 2.12 bits per heavy atom. The highest BCUT2D eigenvalue weighted by molar-refractivity contribution is 6.31. The second-order valence-electron chi connectivity index (χ2n) is 17.4. The predicted octanol–water partition coefficient (Wildman–Crippen LogP) is 5.85. The number of rotatable bonds is 9. The van der Waals surface area contributed by atoms with Gasteiger partial charge in [-0.1, -0.05) is 39.3 Å². The van der Waals surface area contributed by atoms with Crippen LogP contribution in [0, 0.1) is 28.1 Å². The van der Waals surface area contributed by atoms with E-state index >= 15 is 0 Å². The highest BCUT2D eigenvalue weighted by Crippen LogP contribution is 2.55. The molecule has 0 unspecified atom stereocenters. The molecule has 3 fully saturated rings. The number of fused-ring (bicyclic) bond motifs is 2. The molecule has 1 atom stereocenters. The van der Waals surface area contributed by atoms with Crippen molar-refractivity contribution in [2.75, 3.05) is 24.5 Å². The van der Waals surface area contributed by atoms with Crippen molar-refractivity contribution < 1.29 is 28.7 Å². The number of carbonyl (C=O) groups is 5. The summed E-state index contributed by atoms with van der Waals surface area (Å²) in [6.45, 7) is 12.6. The molecule has 8 rings (SSSR count). The molecule has 1 aliphatic carbocycles. The molecule has 57 heavy (non-hydrogen) atoms. The number of piperidine rings is 2. The van der Waals surface area contributed by atoms with Crippen molar-refractivity contribution >= 4 is 46.8 Å². The topological polar surface area (TPSA) is 152 Å². The Balaban J connectivity index is 0.799. The van der Waals surface area contributed by atoms with E-state index in [4.69, 9.17) is 16.3 Å². The highest BCUT2D eigenvalue weighted by atomic mass is 35.5. The lowest BCUT2D eigenvalue weighted by Gasteiger charge is -2.63. The lowest BCUT2D eigenvalue weighted by atomic mass is 9.49. The van der Waals surface area contributed by atoms with Crippen molar-refractivity contribution in [3.05, 3.63) is 93.0 Å². The first-order valence-electron chi connectivity index (χ1n) is 19.8. The number of carbonyl (C=O) groups excluding carboxylic acids is 5. The van der Waals surface area contributed by atoms with Crippen molar-refractivity contribution in [3.8, 4) is 11.8 Å². The first-order chi connectivity index (χ1) is 27.1. The van der Waals surface area contributed by atoms with Gasteiger partial charge >= 0.3 is 0 Å². The molecule has 0 spiro atoms. The summed E-state index contributed by atoms with van der Waals surface area (Å²) in [5, 5.41) is 15.1. The fourth-order valence-electron chi connectivity index (χ4n) is 10.1. The molecule has 5 aliphatic rings. The largest absolute Gasteiger partial charge is 0.489 e. The summed E-state index contributed by atoms with van der Waals surface area (Å²) in [6, 6.07) is 17.6. The standard InChI is InChI=1S/C44H47ClN6O6/c1-43(2)41(44(3,4)42(43)57-31-10-7-27(22-46)34(45)21-31)48-37(53)26-5-8-30(9-6-26)50-17-14-25(15-18-50)13-16-49-23-28-19-32-33(20-29(28)24-49)40(56)51(39(32)55)35-11-12-36(52)47-38(35)54/h5-10,19-21,25,35,41-42H,11-18,23-24H2,1-4H3,(H,48,53)(H,47,52,54)/t35-,41-,42-/m0/s1. The van der Waals surface area contributed by atoms with E-state index in [1.54, 1.807) is 18.2 Å². The number of imide groups is 2. The molecule has 12 nitrogen and oxygen atoms in total. The van der Waals surface area contributed by atoms with Crippen LogP contribution in [0.2, 0.25) is 5.02 Å². The molecule has 0 bridgehead atoms. The summed E-state index contributed by atoms with van der Waals surface area (Å²) in [4.78, 5) is 69.9. The van der Waals surface area contributed by atoms with Crippen LogP contribution >= 0.6 is 11.6 Å². The maximum Gasteiger partial charge on any atom is 0.262 e. The van der Waals surface area contributed by atoms with Crippen molar-refractivity contribution in [1.29, 1.82) is 5.26 Å². The van der Waals surface area contributed by atoms with Gasteiger partial charge in [-0.05, 0) is 97.8 Å². The molecule has 0 radical (unpaired) electrons. The zero-order chi connectivity index (χ0) is 40.4. The Labute approximate surface area is 337 Å². The number of nitrogens with one attached hydrogen (secondary N) is 2. The fraction of sp³-hybridized carbons (Fsp3) is 0.455. The fourth-order valence-corrected chi connectivity index (χ4v) is 10.3. The summed E-state index contributed by atoms with van der Waals surface area (Å²) >= 11 is 6.25. The van der Waals surface area contributed by atoms with E-state index in [1.807, 2.05) is 36.4 Å². The van der Waals surface area contributed by atoms with Crippen LogP contribution in [0.5, 0.6) is 5.75 Å². The lowest BCUT2D eigenvalue weighted by Crippen LogP contribution is -2.74. The lowest BCUT2D eigenvalue weighted by molar-refractivity contribution is -0.164.